The van der Waals surface area contributed by atoms with E-state index >= 15 is 0 Å². The van der Waals surface area contributed by atoms with Crippen LogP contribution in [0.3, 0.4) is 0 Å². The molecule has 1 aromatic carbocycles. The molecule has 0 aromatic heterocycles. The summed E-state index contributed by atoms with van der Waals surface area (Å²) in [4.78, 5) is 24.6. The van der Waals surface area contributed by atoms with Crippen LogP contribution in [0.4, 0.5) is 0 Å². The number of halogens is 1. The Balaban J connectivity index is 1.95. The van der Waals surface area contributed by atoms with Crippen molar-refractivity contribution in [1.82, 2.24) is 4.90 Å². The minimum absolute atomic E-state index is 0.0736. The van der Waals surface area contributed by atoms with E-state index in [2.05, 4.69) is 6.92 Å². The number of hydrogen-bond donors (Lipinski definition) is 1. The van der Waals surface area contributed by atoms with E-state index in [4.69, 9.17) is 26.2 Å². The van der Waals surface area contributed by atoms with Gasteiger partial charge in [0.2, 0.25) is 5.91 Å². The third-order valence-electron chi connectivity index (χ3n) is 4.77. The summed E-state index contributed by atoms with van der Waals surface area (Å²) in [5, 5.41) is 9.54. The Morgan fingerprint density at radius 2 is 2.11 bits per heavy atom. The molecule has 0 spiro atoms. The fourth-order valence-corrected chi connectivity index (χ4v) is 3.47. The number of amides is 1. The number of benzene rings is 1. The summed E-state index contributed by atoms with van der Waals surface area (Å²) in [5.74, 6) is -0.533. The Kier molecular flexibility index (Phi) is 8.23. The van der Waals surface area contributed by atoms with Crippen molar-refractivity contribution >= 4 is 23.5 Å². The lowest BCUT2D eigenvalue weighted by Crippen LogP contribution is -2.28. The van der Waals surface area contributed by atoms with Crippen molar-refractivity contribution in [3.05, 3.63) is 22.7 Å². The maximum Gasteiger partial charge on any atom is 0.308 e. The van der Waals surface area contributed by atoms with Gasteiger partial charge in [-0.25, -0.2) is 0 Å². The summed E-state index contributed by atoms with van der Waals surface area (Å²) in [6.45, 7) is 3.47. The monoisotopic (exact) mass is 397 g/mol. The molecule has 1 aliphatic heterocycles. The number of methoxy groups -OCH3 is 1. The van der Waals surface area contributed by atoms with Gasteiger partial charge in [0, 0.05) is 19.5 Å². The van der Waals surface area contributed by atoms with Crippen LogP contribution in [-0.4, -0.2) is 48.7 Å². The third kappa shape index (κ3) is 6.03. The zero-order valence-electron chi connectivity index (χ0n) is 16.0. The van der Waals surface area contributed by atoms with E-state index in [0.29, 0.717) is 36.1 Å². The maximum atomic E-state index is 11.9. The Labute approximate surface area is 165 Å². The van der Waals surface area contributed by atoms with Gasteiger partial charge in [-0.15, -0.1) is 0 Å². The number of aliphatic carboxylic acids is 1. The number of carboxylic acid groups (broad SMARTS) is 1. The summed E-state index contributed by atoms with van der Waals surface area (Å²) < 4.78 is 11.2. The molecule has 0 radical (unpaired) electrons. The molecule has 1 amide bonds. The van der Waals surface area contributed by atoms with Gasteiger partial charge in [0.15, 0.2) is 11.5 Å². The quantitative estimate of drug-likeness (QED) is 0.575. The summed E-state index contributed by atoms with van der Waals surface area (Å²) in [7, 11) is 1.57. The van der Waals surface area contributed by atoms with Crippen LogP contribution in [0, 0.1) is 5.92 Å². The highest BCUT2D eigenvalue weighted by Crippen LogP contribution is 2.37. The predicted octanol–water partition coefficient (Wildman–Crippen LogP) is 3.78. The molecule has 1 fully saturated rings. The summed E-state index contributed by atoms with van der Waals surface area (Å²) in [6.07, 6.45) is 5.10. The van der Waals surface area contributed by atoms with E-state index in [1.165, 1.54) is 12.8 Å². The molecule has 1 aliphatic rings. The van der Waals surface area contributed by atoms with E-state index < -0.39 is 11.9 Å². The van der Waals surface area contributed by atoms with Gasteiger partial charge in [0.1, 0.15) is 0 Å². The van der Waals surface area contributed by atoms with Gasteiger partial charge in [-0.2, -0.15) is 0 Å². The first-order valence-corrected chi connectivity index (χ1v) is 9.83. The van der Waals surface area contributed by atoms with Crippen LogP contribution < -0.4 is 9.47 Å². The Bertz CT molecular complexity index is 664. The van der Waals surface area contributed by atoms with Crippen LogP contribution in [0.1, 0.15) is 44.6 Å². The first-order chi connectivity index (χ1) is 13.0. The highest BCUT2D eigenvalue weighted by atomic mass is 35.5. The summed E-state index contributed by atoms with van der Waals surface area (Å²) in [5.41, 5.74) is 0.918. The Morgan fingerprint density at radius 3 is 2.74 bits per heavy atom. The van der Waals surface area contributed by atoms with Gasteiger partial charge < -0.3 is 19.5 Å². The number of carbonyl (C=O) groups excluding carboxylic acids is 1. The van der Waals surface area contributed by atoms with Gasteiger partial charge >= 0.3 is 5.97 Å². The minimum atomic E-state index is -0.920. The fourth-order valence-electron chi connectivity index (χ4n) is 3.18. The first-order valence-electron chi connectivity index (χ1n) is 9.46. The van der Waals surface area contributed by atoms with Crippen molar-refractivity contribution in [3.8, 4) is 11.5 Å². The van der Waals surface area contributed by atoms with E-state index in [1.54, 1.807) is 12.0 Å². The molecule has 2 rings (SSSR count). The molecule has 1 atom stereocenters. The molecule has 0 aliphatic carbocycles. The van der Waals surface area contributed by atoms with Crippen LogP contribution in [0.2, 0.25) is 5.02 Å². The van der Waals surface area contributed by atoms with Gasteiger partial charge in [0.25, 0.3) is 0 Å². The normalized spacial score (nSPS) is 16.6. The molecule has 0 bridgehead atoms. The Hall–Kier alpha value is -1.95. The summed E-state index contributed by atoms with van der Waals surface area (Å²) in [6, 6.07) is 3.68. The first kappa shape index (κ1) is 21.4. The van der Waals surface area contributed by atoms with Crippen molar-refractivity contribution in [2.45, 2.75) is 45.4 Å². The van der Waals surface area contributed by atoms with E-state index in [1.807, 2.05) is 12.1 Å². The molecule has 1 unspecified atom stereocenters. The van der Waals surface area contributed by atoms with Crippen LogP contribution in [-0.2, 0) is 16.0 Å². The number of unbranched alkanes of at least 4 members (excludes halogenated alkanes) is 3. The van der Waals surface area contributed by atoms with Crippen molar-refractivity contribution in [2.24, 2.45) is 5.92 Å². The highest BCUT2D eigenvalue weighted by molar-refractivity contribution is 6.32. The average molecular weight is 398 g/mol. The second-order valence-electron chi connectivity index (χ2n) is 6.85. The second kappa shape index (κ2) is 10.4. The predicted molar refractivity (Wildman–Crippen MR) is 104 cm³/mol. The van der Waals surface area contributed by atoms with Crippen LogP contribution in [0.25, 0.3) is 0 Å². The SMILES string of the molecule is CCCCCCOc1c(Cl)cc(CCN2CC(C(=O)O)CC2=O)cc1OC. The van der Waals surface area contributed by atoms with Gasteiger partial charge in [-0.3, -0.25) is 9.59 Å². The number of rotatable bonds is 11. The van der Waals surface area contributed by atoms with Gasteiger partial charge in [-0.1, -0.05) is 37.8 Å². The van der Waals surface area contributed by atoms with Gasteiger partial charge in [0.05, 0.1) is 24.7 Å². The molecular formula is C20H28ClNO5. The second-order valence-corrected chi connectivity index (χ2v) is 7.25. The molecule has 1 N–H and O–H groups in total. The molecule has 27 heavy (non-hydrogen) atoms. The van der Waals surface area contributed by atoms with Crippen molar-refractivity contribution in [1.29, 1.82) is 0 Å². The van der Waals surface area contributed by atoms with E-state index in [-0.39, 0.29) is 18.9 Å². The van der Waals surface area contributed by atoms with Crippen molar-refractivity contribution in [3.63, 3.8) is 0 Å². The molecule has 0 saturated carbocycles. The molecule has 150 valence electrons. The largest absolute Gasteiger partial charge is 0.493 e. The van der Waals surface area contributed by atoms with Crippen molar-refractivity contribution in [2.75, 3.05) is 26.8 Å². The van der Waals surface area contributed by atoms with Crippen LogP contribution in [0.15, 0.2) is 12.1 Å². The minimum Gasteiger partial charge on any atom is -0.493 e. The smallest absolute Gasteiger partial charge is 0.308 e. The number of ether oxygens (including phenoxy) is 2. The Morgan fingerprint density at radius 1 is 1.33 bits per heavy atom. The third-order valence-corrected chi connectivity index (χ3v) is 5.05. The number of carboxylic acids is 1. The lowest BCUT2D eigenvalue weighted by molar-refractivity contribution is -0.141. The number of likely N-dealkylation sites (tertiary alicyclic amines) is 1. The van der Waals surface area contributed by atoms with Crippen LogP contribution in [0.5, 0.6) is 11.5 Å². The molecule has 1 saturated heterocycles. The molecule has 6 nitrogen and oxygen atoms in total. The molecule has 7 heteroatoms. The number of carbonyl (C=O) groups is 2. The van der Waals surface area contributed by atoms with E-state index in [9.17, 15) is 9.59 Å². The average Bonchev–Trinajstić information content (AvgIpc) is 3.02. The number of nitrogens with zero attached hydrogens (tertiary/aromatic N) is 1. The maximum absolute atomic E-state index is 11.9. The topological polar surface area (TPSA) is 76.1 Å². The van der Waals surface area contributed by atoms with Gasteiger partial charge in [-0.05, 0) is 30.5 Å². The highest BCUT2D eigenvalue weighted by Gasteiger charge is 2.33. The van der Waals surface area contributed by atoms with E-state index in [0.717, 1.165) is 18.4 Å². The molecule has 1 heterocycles. The zero-order chi connectivity index (χ0) is 19.8. The fraction of sp³-hybridized carbons (Fsp3) is 0.600. The number of hydrogen-bond acceptors (Lipinski definition) is 4. The lowest BCUT2D eigenvalue weighted by atomic mass is 10.1. The lowest BCUT2D eigenvalue weighted by Gasteiger charge is -2.18. The van der Waals surface area contributed by atoms with Crippen molar-refractivity contribution < 1.29 is 24.2 Å². The van der Waals surface area contributed by atoms with Crippen LogP contribution >= 0.6 is 11.6 Å². The molecular weight excluding hydrogens is 370 g/mol. The molecule has 1 aromatic rings. The zero-order valence-corrected chi connectivity index (χ0v) is 16.8. The standard InChI is InChI=1S/C20H28ClNO5/c1-3-4-5-6-9-27-19-16(21)10-14(11-17(19)26-2)7-8-22-13-15(20(24)25)12-18(22)23/h10-11,15H,3-9,12-13H2,1-2H3,(H,24,25). The summed E-state index contributed by atoms with van der Waals surface area (Å²) >= 11 is 6.38.